The molecule has 3 amide bonds. The first-order valence-corrected chi connectivity index (χ1v) is 9.68. The van der Waals surface area contributed by atoms with Crippen molar-refractivity contribution < 1.29 is 14.4 Å². The zero-order valence-corrected chi connectivity index (χ0v) is 16.3. The Morgan fingerprint density at radius 2 is 1.65 bits per heavy atom. The van der Waals surface area contributed by atoms with E-state index in [2.05, 4.69) is 28.1 Å². The Morgan fingerprint density at radius 3 is 2.15 bits per heavy atom. The first-order valence-electron chi connectivity index (χ1n) is 8.89. The molecule has 1 saturated heterocycles. The maximum absolute atomic E-state index is 13.2. The Bertz CT molecular complexity index is 772. The molecule has 0 spiro atoms. The van der Waals surface area contributed by atoms with Gasteiger partial charge in [0.1, 0.15) is 0 Å². The number of allylic oxidation sites excluding steroid dienone is 2. The highest BCUT2D eigenvalue weighted by molar-refractivity contribution is 9.10. The zero-order valence-electron chi connectivity index (χ0n) is 14.8. The largest absolute Gasteiger partial charge is 0.349 e. The molecule has 136 valence electrons. The number of likely N-dealkylation sites (tertiary alicyclic amines) is 1. The van der Waals surface area contributed by atoms with E-state index in [1.807, 2.05) is 24.3 Å². The molecule has 0 aromatic heterocycles. The van der Waals surface area contributed by atoms with Crippen LogP contribution in [0.25, 0.3) is 0 Å². The Kier molecular flexibility index (Phi) is 4.26. The highest BCUT2D eigenvalue weighted by Crippen LogP contribution is 2.54. The van der Waals surface area contributed by atoms with E-state index in [9.17, 15) is 14.4 Å². The van der Waals surface area contributed by atoms with Gasteiger partial charge in [-0.15, -0.1) is 0 Å². The van der Waals surface area contributed by atoms with Gasteiger partial charge in [-0.25, -0.2) is 0 Å². The predicted octanol–water partition coefficient (Wildman–Crippen LogP) is 2.78. The second-order valence-corrected chi connectivity index (χ2v) is 8.52. The summed E-state index contributed by atoms with van der Waals surface area (Å²) in [5.41, 5.74) is 0.811. The van der Waals surface area contributed by atoms with E-state index in [4.69, 9.17) is 0 Å². The van der Waals surface area contributed by atoms with Gasteiger partial charge in [-0.05, 0) is 36.0 Å². The lowest BCUT2D eigenvalue weighted by Gasteiger charge is -2.29. The summed E-state index contributed by atoms with van der Waals surface area (Å²) in [5, 5.41) is 0. The molecule has 0 N–H and O–H groups in total. The fourth-order valence-corrected chi connectivity index (χ4v) is 4.89. The fraction of sp³-hybridized carbons (Fsp3) is 0.450. The van der Waals surface area contributed by atoms with Gasteiger partial charge < -0.3 is 4.90 Å². The van der Waals surface area contributed by atoms with Crippen LogP contribution in [0.4, 0.5) is 0 Å². The molecule has 4 rings (SSSR count). The van der Waals surface area contributed by atoms with Gasteiger partial charge in [0.25, 0.3) is 0 Å². The van der Waals surface area contributed by atoms with Crippen molar-refractivity contribution in [2.45, 2.75) is 18.9 Å². The third kappa shape index (κ3) is 2.62. The highest BCUT2D eigenvalue weighted by Gasteiger charge is 2.60. The summed E-state index contributed by atoms with van der Waals surface area (Å²) in [4.78, 5) is 41.6. The van der Waals surface area contributed by atoms with Crippen LogP contribution >= 0.6 is 15.9 Å². The van der Waals surface area contributed by atoms with Crippen LogP contribution in [-0.2, 0) is 14.4 Å². The number of hydrogen-bond donors (Lipinski definition) is 0. The minimum atomic E-state index is -0.553. The van der Waals surface area contributed by atoms with Gasteiger partial charge in [-0.3, -0.25) is 19.3 Å². The minimum absolute atomic E-state index is 0.100. The first-order chi connectivity index (χ1) is 12.4. The van der Waals surface area contributed by atoms with E-state index in [1.54, 1.807) is 14.1 Å². The Hall–Kier alpha value is -1.95. The quantitative estimate of drug-likeness (QED) is 0.559. The second kappa shape index (κ2) is 6.34. The van der Waals surface area contributed by atoms with Crippen molar-refractivity contribution in [1.82, 2.24) is 9.80 Å². The Balaban J connectivity index is 1.70. The molecule has 26 heavy (non-hydrogen) atoms. The molecule has 1 saturated carbocycles. The molecule has 1 aromatic carbocycles. The molecular formula is C20H21BrN2O3. The lowest BCUT2D eigenvalue weighted by Crippen LogP contribution is -2.39. The normalized spacial score (nSPS) is 30.0. The highest BCUT2D eigenvalue weighted by atomic mass is 79.9. The summed E-state index contributed by atoms with van der Waals surface area (Å²) in [6.07, 6.45) is 5.18. The predicted molar refractivity (Wildman–Crippen MR) is 99.8 cm³/mol. The lowest BCUT2D eigenvalue weighted by molar-refractivity contribution is -0.145. The standard InChI is InChI=1S/C20H21BrN2O3/c1-22(2)16(24)10-15(11-5-7-14(21)8-6-11)23-19(25)17-12-3-4-13(9-12)18(17)20(23)26/h3-8,12-13,15,17-18H,9-10H2,1-2H3. The van der Waals surface area contributed by atoms with Gasteiger partial charge in [-0.1, -0.05) is 40.2 Å². The molecule has 5 atom stereocenters. The van der Waals surface area contributed by atoms with E-state index in [0.717, 1.165) is 16.5 Å². The van der Waals surface area contributed by atoms with Crippen molar-refractivity contribution in [2.24, 2.45) is 23.7 Å². The van der Waals surface area contributed by atoms with Gasteiger partial charge in [0.2, 0.25) is 17.7 Å². The van der Waals surface area contributed by atoms with Gasteiger partial charge in [0.05, 0.1) is 24.3 Å². The molecule has 2 aliphatic carbocycles. The molecule has 1 heterocycles. The number of rotatable bonds is 4. The third-order valence-electron chi connectivity index (χ3n) is 5.94. The van der Waals surface area contributed by atoms with E-state index < -0.39 is 6.04 Å². The minimum Gasteiger partial charge on any atom is -0.349 e. The lowest BCUT2D eigenvalue weighted by atomic mass is 9.85. The summed E-state index contributed by atoms with van der Waals surface area (Å²) >= 11 is 3.41. The SMILES string of the molecule is CN(C)C(=O)CC(c1ccc(Br)cc1)N1C(=O)C2C3C=CC(C3)C2C1=O. The maximum Gasteiger partial charge on any atom is 0.234 e. The van der Waals surface area contributed by atoms with E-state index in [-0.39, 0.29) is 47.8 Å². The number of carbonyl (C=O) groups is 3. The van der Waals surface area contributed by atoms with Crippen molar-refractivity contribution in [3.8, 4) is 0 Å². The van der Waals surface area contributed by atoms with Crippen LogP contribution in [0.15, 0.2) is 40.9 Å². The topological polar surface area (TPSA) is 57.7 Å². The zero-order chi connectivity index (χ0) is 18.6. The molecule has 5 unspecified atom stereocenters. The van der Waals surface area contributed by atoms with Crippen molar-refractivity contribution >= 4 is 33.7 Å². The molecule has 2 fully saturated rings. The Morgan fingerprint density at radius 1 is 1.12 bits per heavy atom. The van der Waals surface area contributed by atoms with Crippen LogP contribution in [0.5, 0.6) is 0 Å². The molecule has 2 bridgehead atoms. The number of fused-ring (bicyclic) bond motifs is 5. The number of hydrogen-bond acceptors (Lipinski definition) is 3. The van der Waals surface area contributed by atoms with Crippen LogP contribution in [0.3, 0.4) is 0 Å². The number of amides is 3. The van der Waals surface area contributed by atoms with Gasteiger partial charge in [0.15, 0.2) is 0 Å². The van der Waals surface area contributed by atoms with Crippen molar-refractivity contribution in [2.75, 3.05) is 14.1 Å². The third-order valence-corrected chi connectivity index (χ3v) is 6.47. The van der Waals surface area contributed by atoms with E-state index in [1.165, 1.54) is 9.80 Å². The van der Waals surface area contributed by atoms with Crippen molar-refractivity contribution in [3.05, 3.63) is 46.5 Å². The molecule has 1 aromatic rings. The van der Waals surface area contributed by atoms with Crippen LogP contribution in [0.2, 0.25) is 0 Å². The maximum atomic E-state index is 13.2. The average molecular weight is 417 g/mol. The van der Waals surface area contributed by atoms with E-state index in [0.29, 0.717) is 0 Å². The molecule has 0 radical (unpaired) electrons. The van der Waals surface area contributed by atoms with Gasteiger partial charge in [0, 0.05) is 18.6 Å². The van der Waals surface area contributed by atoms with Crippen LogP contribution in [0.1, 0.15) is 24.4 Å². The number of imide groups is 1. The van der Waals surface area contributed by atoms with Crippen molar-refractivity contribution in [3.63, 3.8) is 0 Å². The smallest absolute Gasteiger partial charge is 0.234 e. The molecule has 3 aliphatic rings. The summed E-state index contributed by atoms with van der Waals surface area (Å²) in [5.74, 6) is -0.484. The summed E-state index contributed by atoms with van der Waals surface area (Å²) in [6, 6.07) is 6.94. The molecule has 6 heteroatoms. The summed E-state index contributed by atoms with van der Waals surface area (Å²) in [7, 11) is 3.38. The summed E-state index contributed by atoms with van der Waals surface area (Å²) < 4.78 is 0.914. The fourth-order valence-electron chi connectivity index (χ4n) is 4.62. The van der Waals surface area contributed by atoms with Crippen molar-refractivity contribution in [1.29, 1.82) is 0 Å². The van der Waals surface area contributed by atoms with Gasteiger partial charge in [-0.2, -0.15) is 0 Å². The monoisotopic (exact) mass is 416 g/mol. The number of benzene rings is 1. The van der Waals surface area contributed by atoms with Crippen LogP contribution in [-0.4, -0.2) is 41.6 Å². The van der Waals surface area contributed by atoms with Gasteiger partial charge >= 0.3 is 0 Å². The van der Waals surface area contributed by atoms with E-state index >= 15 is 0 Å². The van der Waals surface area contributed by atoms with Crippen LogP contribution in [0, 0.1) is 23.7 Å². The number of halogens is 1. The second-order valence-electron chi connectivity index (χ2n) is 7.61. The number of nitrogens with zero attached hydrogens (tertiary/aromatic N) is 2. The average Bonchev–Trinajstić information content (AvgIpc) is 3.28. The number of carbonyl (C=O) groups excluding carboxylic acids is 3. The molecular weight excluding hydrogens is 396 g/mol. The van der Waals surface area contributed by atoms with Crippen LogP contribution < -0.4 is 0 Å². The molecule has 5 nitrogen and oxygen atoms in total. The first kappa shape index (κ1) is 17.5. The summed E-state index contributed by atoms with van der Waals surface area (Å²) in [6.45, 7) is 0. The molecule has 1 aliphatic heterocycles. The Labute approximate surface area is 161 Å².